The molecule has 0 bridgehead atoms. The smallest absolute Gasteiger partial charge is 0.139 e. The van der Waals surface area contributed by atoms with E-state index in [4.69, 9.17) is 12.2 Å². The molecule has 2 aromatic rings. The molecule has 0 fully saturated rings. The van der Waals surface area contributed by atoms with Crippen LogP contribution in [0.25, 0.3) is 10.8 Å². The van der Waals surface area contributed by atoms with E-state index in [1.54, 1.807) is 6.07 Å². The van der Waals surface area contributed by atoms with Crippen LogP contribution in [0, 0.1) is 25.1 Å². The fourth-order valence-electron chi connectivity index (χ4n) is 2.49. The van der Waals surface area contributed by atoms with Crippen LogP contribution in [0.2, 0.25) is 0 Å². The van der Waals surface area contributed by atoms with Crippen molar-refractivity contribution < 1.29 is 4.39 Å². The van der Waals surface area contributed by atoms with E-state index in [0.29, 0.717) is 5.56 Å². The van der Waals surface area contributed by atoms with Crippen molar-refractivity contribution in [3.05, 3.63) is 40.7 Å². The third kappa shape index (κ3) is 1.73. The summed E-state index contributed by atoms with van der Waals surface area (Å²) in [4.78, 5) is 0. The summed E-state index contributed by atoms with van der Waals surface area (Å²) < 4.78 is 13.8. The second kappa shape index (κ2) is 4.34. The Morgan fingerprint density at radius 3 is 2.56 bits per heavy atom. The number of hydrogen-bond donors (Lipinski definition) is 1. The number of fused-ring (bicyclic) bond motifs is 1. The van der Waals surface area contributed by atoms with E-state index in [2.05, 4.69) is 19.8 Å². The van der Waals surface area contributed by atoms with Gasteiger partial charge in [-0.2, -0.15) is 0 Å². The molecule has 0 aromatic heterocycles. The lowest BCUT2D eigenvalue weighted by Crippen LogP contribution is -2.02. The molecule has 0 aliphatic carbocycles. The minimum absolute atomic E-state index is 0.241. The molecule has 2 aromatic carbocycles. The topological polar surface area (TPSA) is 26.0 Å². The lowest BCUT2D eigenvalue weighted by Gasteiger charge is -2.17. The molecule has 0 amide bonds. The summed E-state index contributed by atoms with van der Waals surface area (Å²) in [5.41, 5.74) is 9.09. The number of halogens is 1. The summed E-state index contributed by atoms with van der Waals surface area (Å²) in [6.45, 7) is 6.08. The van der Waals surface area contributed by atoms with Gasteiger partial charge in [0.2, 0.25) is 0 Å². The van der Waals surface area contributed by atoms with E-state index in [9.17, 15) is 4.39 Å². The van der Waals surface area contributed by atoms with Crippen LogP contribution in [0.5, 0.6) is 0 Å². The largest absolute Gasteiger partial charge is 0.398 e. The molecule has 0 saturated heterocycles. The summed E-state index contributed by atoms with van der Waals surface area (Å²) in [5, 5.41) is 1.72. The number of hydrogen-bond acceptors (Lipinski definition) is 1. The first-order valence-corrected chi connectivity index (χ1v) is 5.95. The molecule has 18 heavy (non-hydrogen) atoms. The lowest BCUT2D eigenvalue weighted by molar-refractivity contribution is 0.626. The normalized spacial score (nSPS) is 10.9. The molecule has 1 nitrogen and oxygen atoms in total. The Morgan fingerprint density at radius 1 is 1.33 bits per heavy atom. The number of terminal acetylenes is 1. The van der Waals surface area contributed by atoms with Crippen molar-refractivity contribution in [2.75, 3.05) is 5.73 Å². The Kier molecular flexibility index (Phi) is 3.00. The van der Waals surface area contributed by atoms with E-state index < -0.39 is 0 Å². The summed E-state index contributed by atoms with van der Waals surface area (Å²) >= 11 is 0. The Morgan fingerprint density at radius 2 is 2.00 bits per heavy atom. The van der Waals surface area contributed by atoms with Crippen LogP contribution >= 0.6 is 0 Å². The molecule has 0 saturated carbocycles. The van der Waals surface area contributed by atoms with E-state index in [1.807, 2.05) is 13.0 Å². The maximum atomic E-state index is 13.8. The molecule has 0 radical (unpaired) electrons. The van der Waals surface area contributed by atoms with Gasteiger partial charge in [-0.25, -0.2) is 4.39 Å². The zero-order valence-corrected chi connectivity index (χ0v) is 10.8. The van der Waals surface area contributed by atoms with Crippen LogP contribution in [-0.2, 0) is 0 Å². The highest BCUT2D eigenvalue weighted by molar-refractivity contribution is 5.95. The number of anilines is 1. The van der Waals surface area contributed by atoms with Crippen molar-refractivity contribution in [3.8, 4) is 12.3 Å². The first-order chi connectivity index (χ1) is 8.47. The van der Waals surface area contributed by atoms with Crippen LogP contribution in [0.15, 0.2) is 18.2 Å². The quantitative estimate of drug-likeness (QED) is 0.593. The molecule has 0 spiro atoms. The lowest BCUT2D eigenvalue weighted by atomic mass is 9.88. The molecule has 0 aliphatic rings. The maximum Gasteiger partial charge on any atom is 0.139 e. The van der Waals surface area contributed by atoms with Crippen molar-refractivity contribution in [2.45, 2.75) is 26.7 Å². The Bertz CT molecular complexity index is 663. The SMILES string of the molecule is C#Cc1c(F)ccc2cc(N)c(C)c(C(C)C)c12. The van der Waals surface area contributed by atoms with Gasteiger partial charge in [0.25, 0.3) is 0 Å². The van der Waals surface area contributed by atoms with Crippen LogP contribution in [0.3, 0.4) is 0 Å². The summed E-state index contributed by atoms with van der Waals surface area (Å²) in [6, 6.07) is 4.99. The molecule has 2 N–H and O–H groups in total. The van der Waals surface area contributed by atoms with Gasteiger partial charge in [0.05, 0.1) is 5.56 Å². The van der Waals surface area contributed by atoms with Gasteiger partial charge in [0.15, 0.2) is 0 Å². The molecule has 0 atom stereocenters. The fourth-order valence-corrected chi connectivity index (χ4v) is 2.49. The van der Waals surface area contributed by atoms with Gasteiger partial charge < -0.3 is 5.73 Å². The second-order valence-electron chi connectivity index (χ2n) is 4.82. The second-order valence-corrected chi connectivity index (χ2v) is 4.82. The predicted octanol–water partition coefficient (Wildman–Crippen LogP) is 3.97. The molecule has 2 rings (SSSR count). The highest BCUT2D eigenvalue weighted by atomic mass is 19.1. The van der Waals surface area contributed by atoms with Gasteiger partial charge >= 0.3 is 0 Å². The maximum absolute atomic E-state index is 13.8. The number of nitrogens with two attached hydrogens (primary N) is 1. The third-order valence-corrected chi connectivity index (χ3v) is 3.33. The minimum Gasteiger partial charge on any atom is -0.398 e. The Labute approximate surface area is 107 Å². The summed E-state index contributed by atoms with van der Waals surface area (Å²) in [7, 11) is 0. The third-order valence-electron chi connectivity index (χ3n) is 3.33. The molecule has 0 aliphatic heterocycles. The Hall–Kier alpha value is -2.01. The van der Waals surface area contributed by atoms with Crippen molar-refractivity contribution in [1.82, 2.24) is 0 Å². The van der Waals surface area contributed by atoms with E-state index in [1.165, 1.54) is 6.07 Å². The number of nitrogen functional groups attached to an aromatic ring is 1. The summed E-state index contributed by atoms with van der Waals surface area (Å²) in [5.74, 6) is 2.35. The zero-order valence-electron chi connectivity index (χ0n) is 10.8. The van der Waals surface area contributed by atoms with E-state index >= 15 is 0 Å². The van der Waals surface area contributed by atoms with E-state index in [-0.39, 0.29) is 11.7 Å². The highest BCUT2D eigenvalue weighted by Gasteiger charge is 2.16. The number of rotatable bonds is 1. The van der Waals surface area contributed by atoms with Crippen molar-refractivity contribution in [3.63, 3.8) is 0 Å². The van der Waals surface area contributed by atoms with Gasteiger partial charge in [0, 0.05) is 11.1 Å². The molecule has 0 heterocycles. The van der Waals surface area contributed by atoms with Crippen LogP contribution in [-0.4, -0.2) is 0 Å². The minimum atomic E-state index is -0.351. The highest BCUT2D eigenvalue weighted by Crippen LogP contribution is 2.35. The van der Waals surface area contributed by atoms with Crippen LogP contribution < -0.4 is 5.73 Å². The zero-order chi connectivity index (χ0) is 13.4. The van der Waals surface area contributed by atoms with Gasteiger partial charge in [0.1, 0.15) is 5.82 Å². The van der Waals surface area contributed by atoms with Crippen molar-refractivity contribution in [1.29, 1.82) is 0 Å². The van der Waals surface area contributed by atoms with E-state index in [0.717, 1.165) is 27.6 Å². The molecular formula is C16H16FN. The van der Waals surface area contributed by atoms with Gasteiger partial charge in [-0.15, -0.1) is 6.42 Å². The van der Waals surface area contributed by atoms with Crippen molar-refractivity contribution in [2.24, 2.45) is 0 Å². The molecule has 2 heteroatoms. The van der Waals surface area contributed by atoms with Crippen molar-refractivity contribution >= 4 is 16.5 Å². The molecular weight excluding hydrogens is 225 g/mol. The molecule has 0 unspecified atom stereocenters. The van der Waals surface area contributed by atoms with Crippen LogP contribution in [0.4, 0.5) is 10.1 Å². The first-order valence-electron chi connectivity index (χ1n) is 5.95. The molecule has 92 valence electrons. The summed E-state index contributed by atoms with van der Waals surface area (Å²) in [6.07, 6.45) is 5.45. The van der Waals surface area contributed by atoms with Gasteiger partial charge in [-0.05, 0) is 41.5 Å². The van der Waals surface area contributed by atoms with Gasteiger partial charge in [-0.1, -0.05) is 25.8 Å². The fraction of sp³-hybridized carbons (Fsp3) is 0.250. The van der Waals surface area contributed by atoms with Gasteiger partial charge in [-0.3, -0.25) is 0 Å². The first kappa shape index (κ1) is 12.4. The average molecular weight is 241 g/mol. The average Bonchev–Trinajstić information content (AvgIpc) is 2.31. The predicted molar refractivity (Wildman–Crippen MR) is 75.1 cm³/mol. The number of benzene rings is 2. The standard InChI is InChI=1S/C16H16FN/c1-5-12-13(17)7-6-11-8-14(18)10(4)15(9(2)3)16(11)12/h1,6-9H,18H2,2-4H3. The van der Waals surface area contributed by atoms with Crippen LogP contribution in [0.1, 0.15) is 36.5 Å². The Balaban J connectivity index is 3.06. The monoisotopic (exact) mass is 241 g/mol.